The van der Waals surface area contributed by atoms with Gasteiger partial charge in [-0.25, -0.2) is 4.39 Å². The fraction of sp³-hybridized carbons (Fsp3) is 0.333. The Morgan fingerprint density at radius 3 is 2.63 bits per heavy atom. The van der Waals surface area contributed by atoms with E-state index in [1.165, 1.54) is 13.2 Å². The van der Waals surface area contributed by atoms with Crippen LogP contribution in [0, 0.1) is 5.82 Å². The molecule has 1 heterocycles. The molecule has 0 aliphatic heterocycles. The highest BCUT2D eigenvalue weighted by Gasteiger charge is 2.14. The summed E-state index contributed by atoms with van der Waals surface area (Å²) in [5.74, 6) is 0.787. The molecule has 1 aromatic heterocycles. The monoisotopic (exact) mass is 263 g/mol. The van der Waals surface area contributed by atoms with Crippen LogP contribution in [0.2, 0.25) is 0 Å². The van der Waals surface area contributed by atoms with Crippen LogP contribution in [0.1, 0.15) is 37.3 Å². The molecule has 0 bridgehead atoms. The van der Waals surface area contributed by atoms with E-state index >= 15 is 0 Å². The van der Waals surface area contributed by atoms with E-state index in [1.807, 2.05) is 26.0 Å². The first-order chi connectivity index (χ1) is 9.11. The van der Waals surface area contributed by atoms with E-state index in [1.54, 1.807) is 18.4 Å². The average molecular weight is 263 g/mol. The molecule has 0 amide bonds. The molecule has 0 aliphatic rings. The Kier molecular flexibility index (Phi) is 4.22. The first-order valence-electron chi connectivity index (χ1n) is 6.24. The lowest BCUT2D eigenvalue weighted by Crippen LogP contribution is -2.22. The topological polar surface area (TPSA) is 34.4 Å². The van der Waals surface area contributed by atoms with Crippen LogP contribution >= 0.6 is 0 Å². The molecule has 102 valence electrons. The summed E-state index contributed by atoms with van der Waals surface area (Å²) in [5.41, 5.74) is 0.969. The van der Waals surface area contributed by atoms with Crippen LogP contribution in [0.25, 0.3) is 0 Å². The van der Waals surface area contributed by atoms with Gasteiger partial charge >= 0.3 is 0 Å². The Morgan fingerprint density at radius 1 is 1.21 bits per heavy atom. The highest BCUT2D eigenvalue weighted by atomic mass is 19.1. The summed E-state index contributed by atoms with van der Waals surface area (Å²) >= 11 is 0. The van der Waals surface area contributed by atoms with E-state index in [-0.39, 0.29) is 23.7 Å². The van der Waals surface area contributed by atoms with Gasteiger partial charge in [-0.1, -0.05) is 6.07 Å². The number of rotatable bonds is 5. The van der Waals surface area contributed by atoms with Crippen LogP contribution < -0.4 is 10.1 Å². The van der Waals surface area contributed by atoms with Crippen molar-refractivity contribution in [1.29, 1.82) is 0 Å². The summed E-state index contributed by atoms with van der Waals surface area (Å²) in [6.45, 7) is 4.04. The fourth-order valence-corrected chi connectivity index (χ4v) is 2.04. The van der Waals surface area contributed by atoms with Crippen molar-refractivity contribution in [2.45, 2.75) is 25.9 Å². The summed E-state index contributed by atoms with van der Waals surface area (Å²) in [4.78, 5) is 0. The van der Waals surface area contributed by atoms with Crippen molar-refractivity contribution in [3.8, 4) is 5.75 Å². The number of hydrogen-bond donors (Lipinski definition) is 1. The van der Waals surface area contributed by atoms with Crippen molar-refractivity contribution >= 4 is 0 Å². The second kappa shape index (κ2) is 5.89. The molecule has 1 aromatic carbocycles. The molecule has 0 spiro atoms. The smallest absolute Gasteiger partial charge is 0.165 e. The van der Waals surface area contributed by atoms with E-state index in [2.05, 4.69) is 5.32 Å². The zero-order valence-corrected chi connectivity index (χ0v) is 11.3. The van der Waals surface area contributed by atoms with Crippen molar-refractivity contribution in [2.24, 2.45) is 0 Å². The predicted molar refractivity (Wildman–Crippen MR) is 71.6 cm³/mol. The van der Waals surface area contributed by atoms with E-state index < -0.39 is 0 Å². The second-order valence-electron chi connectivity index (χ2n) is 4.52. The van der Waals surface area contributed by atoms with Crippen molar-refractivity contribution in [3.05, 3.63) is 53.7 Å². The maximum absolute atomic E-state index is 13.4. The third-order valence-electron chi connectivity index (χ3n) is 3.15. The molecular weight excluding hydrogens is 245 g/mol. The van der Waals surface area contributed by atoms with E-state index in [0.29, 0.717) is 0 Å². The zero-order chi connectivity index (χ0) is 13.8. The molecule has 0 saturated heterocycles. The summed E-state index contributed by atoms with van der Waals surface area (Å²) < 4.78 is 23.7. The van der Waals surface area contributed by atoms with Crippen molar-refractivity contribution in [3.63, 3.8) is 0 Å². The highest BCUT2D eigenvalue weighted by Crippen LogP contribution is 2.24. The molecule has 0 fully saturated rings. The molecule has 3 nitrogen and oxygen atoms in total. The highest BCUT2D eigenvalue weighted by molar-refractivity contribution is 5.32. The molecule has 2 aromatic rings. The minimum atomic E-state index is -0.350. The van der Waals surface area contributed by atoms with Crippen LogP contribution in [-0.4, -0.2) is 7.11 Å². The zero-order valence-electron chi connectivity index (χ0n) is 11.3. The van der Waals surface area contributed by atoms with Gasteiger partial charge in [-0.05, 0) is 43.7 Å². The Bertz CT molecular complexity index is 525. The van der Waals surface area contributed by atoms with Gasteiger partial charge in [-0.15, -0.1) is 0 Å². The van der Waals surface area contributed by atoms with Gasteiger partial charge in [0.2, 0.25) is 0 Å². The minimum absolute atomic E-state index is 0.0644. The lowest BCUT2D eigenvalue weighted by molar-refractivity contribution is 0.381. The summed E-state index contributed by atoms with van der Waals surface area (Å²) in [5, 5.41) is 3.40. The average Bonchev–Trinajstić information content (AvgIpc) is 2.93. The molecule has 0 saturated carbocycles. The molecule has 4 heteroatoms. The van der Waals surface area contributed by atoms with Gasteiger partial charge in [-0.3, -0.25) is 0 Å². The molecule has 1 N–H and O–H groups in total. The molecule has 19 heavy (non-hydrogen) atoms. The van der Waals surface area contributed by atoms with E-state index in [9.17, 15) is 4.39 Å². The first kappa shape index (κ1) is 13.6. The quantitative estimate of drug-likeness (QED) is 0.890. The first-order valence-corrected chi connectivity index (χ1v) is 6.24. The van der Waals surface area contributed by atoms with Crippen LogP contribution in [0.15, 0.2) is 41.0 Å². The van der Waals surface area contributed by atoms with Crippen molar-refractivity contribution < 1.29 is 13.5 Å². The molecule has 2 unspecified atom stereocenters. The largest absolute Gasteiger partial charge is 0.494 e. The summed E-state index contributed by atoms with van der Waals surface area (Å²) in [6, 6.07) is 8.82. The maximum Gasteiger partial charge on any atom is 0.165 e. The van der Waals surface area contributed by atoms with Gasteiger partial charge in [0.1, 0.15) is 5.76 Å². The van der Waals surface area contributed by atoms with Crippen LogP contribution in [0.5, 0.6) is 5.75 Å². The number of benzene rings is 1. The third-order valence-corrected chi connectivity index (χ3v) is 3.15. The minimum Gasteiger partial charge on any atom is -0.494 e. The lowest BCUT2D eigenvalue weighted by Gasteiger charge is -2.19. The Hall–Kier alpha value is -1.81. The fourth-order valence-electron chi connectivity index (χ4n) is 2.04. The second-order valence-corrected chi connectivity index (χ2v) is 4.52. The molecule has 0 aliphatic carbocycles. The number of nitrogens with one attached hydrogen (secondary N) is 1. The third kappa shape index (κ3) is 3.15. The number of methoxy groups -OCH3 is 1. The van der Waals surface area contributed by atoms with Gasteiger partial charge in [0.05, 0.1) is 19.4 Å². The lowest BCUT2D eigenvalue weighted by atomic mass is 10.1. The van der Waals surface area contributed by atoms with Crippen molar-refractivity contribution in [1.82, 2.24) is 5.32 Å². The number of hydrogen-bond acceptors (Lipinski definition) is 3. The SMILES string of the molecule is COc1cc(C(C)NC(C)c2ccco2)ccc1F. The van der Waals surface area contributed by atoms with Crippen molar-refractivity contribution in [2.75, 3.05) is 7.11 Å². The number of ether oxygens (including phenoxy) is 1. The van der Waals surface area contributed by atoms with Crippen LogP contribution in [0.3, 0.4) is 0 Å². The Labute approximate surface area is 112 Å². The van der Waals surface area contributed by atoms with E-state index in [4.69, 9.17) is 9.15 Å². The van der Waals surface area contributed by atoms with Gasteiger partial charge < -0.3 is 14.5 Å². The Balaban J connectivity index is 2.09. The predicted octanol–water partition coefficient (Wildman–Crippen LogP) is 3.84. The normalized spacial score (nSPS) is 14.1. The van der Waals surface area contributed by atoms with Gasteiger partial charge in [-0.2, -0.15) is 0 Å². The Morgan fingerprint density at radius 2 is 2.00 bits per heavy atom. The van der Waals surface area contributed by atoms with E-state index in [0.717, 1.165) is 11.3 Å². The molecule has 2 rings (SSSR count). The van der Waals surface area contributed by atoms with Crippen LogP contribution in [-0.2, 0) is 0 Å². The standard InChI is InChI=1S/C15H18FNO2/c1-10(17-11(2)14-5-4-8-19-14)12-6-7-13(16)15(9-12)18-3/h4-11,17H,1-3H3. The molecule has 2 atom stereocenters. The molecule has 0 radical (unpaired) electrons. The van der Waals surface area contributed by atoms with Crippen LogP contribution in [0.4, 0.5) is 4.39 Å². The maximum atomic E-state index is 13.4. The molecular formula is C15H18FNO2. The van der Waals surface area contributed by atoms with Gasteiger partial charge in [0.25, 0.3) is 0 Å². The number of halogens is 1. The summed E-state index contributed by atoms with van der Waals surface area (Å²) in [6.07, 6.45) is 1.65. The van der Waals surface area contributed by atoms with Gasteiger partial charge in [0.15, 0.2) is 11.6 Å². The summed E-state index contributed by atoms with van der Waals surface area (Å²) in [7, 11) is 1.46. The number of furan rings is 1. The van der Waals surface area contributed by atoms with Gasteiger partial charge in [0, 0.05) is 6.04 Å².